The Balaban J connectivity index is 1.51. The molecule has 0 saturated carbocycles. The minimum Gasteiger partial charge on any atom is -0.370 e. The molecule has 0 bridgehead atoms. The van der Waals surface area contributed by atoms with Crippen molar-refractivity contribution < 1.29 is 14.3 Å². The van der Waals surface area contributed by atoms with Gasteiger partial charge >= 0.3 is 0 Å². The summed E-state index contributed by atoms with van der Waals surface area (Å²) in [7, 11) is 0. The largest absolute Gasteiger partial charge is 0.370 e. The Bertz CT molecular complexity index is 1340. The number of nitrogens with zero attached hydrogens (tertiary/aromatic N) is 5. The third-order valence-corrected chi connectivity index (χ3v) is 6.56. The number of morpholine rings is 1. The number of hydrogen-bond acceptors (Lipinski definition) is 7. The van der Waals surface area contributed by atoms with Crippen molar-refractivity contribution in [3.8, 4) is 0 Å². The van der Waals surface area contributed by atoms with Crippen molar-refractivity contribution >= 4 is 39.0 Å². The standard InChI is InChI=1S/C21H20N6O3S/c1-11-8-12(2)27-19(25-11)14(9-24-27)21(29)26-6-7-30-15(10-26)16-13-4-3-5-23-20(13)31-17(16)18(22)28/h3-5,8-9,15H,6-7,10H2,1-2H3,(H2,22,28)/t15-/m0/s1. The summed E-state index contributed by atoms with van der Waals surface area (Å²) >= 11 is 1.25. The predicted molar refractivity (Wildman–Crippen MR) is 115 cm³/mol. The molecule has 0 spiro atoms. The van der Waals surface area contributed by atoms with Gasteiger partial charge in [-0.3, -0.25) is 9.59 Å². The molecule has 1 saturated heterocycles. The van der Waals surface area contributed by atoms with Gasteiger partial charge in [-0.2, -0.15) is 5.10 Å². The Morgan fingerprint density at radius 3 is 2.97 bits per heavy atom. The Hall–Kier alpha value is -3.37. The van der Waals surface area contributed by atoms with Crippen LogP contribution < -0.4 is 5.73 Å². The van der Waals surface area contributed by atoms with Crippen molar-refractivity contribution in [1.29, 1.82) is 0 Å². The molecule has 0 aliphatic carbocycles. The molecule has 1 atom stereocenters. The molecule has 0 aromatic carbocycles. The normalized spacial score (nSPS) is 16.8. The molecule has 1 aliphatic rings. The van der Waals surface area contributed by atoms with Crippen LogP contribution in [0.25, 0.3) is 15.9 Å². The molecule has 0 radical (unpaired) electrons. The zero-order valence-corrected chi connectivity index (χ0v) is 17.8. The first-order valence-corrected chi connectivity index (χ1v) is 10.7. The number of hydrogen-bond donors (Lipinski definition) is 1. The summed E-state index contributed by atoms with van der Waals surface area (Å²) in [6.07, 6.45) is 2.75. The Kier molecular flexibility index (Phi) is 4.67. The predicted octanol–water partition coefficient (Wildman–Crippen LogP) is 2.27. The first-order chi connectivity index (χ1) is 14.9. The highest BCUT2D eigenvalue weighted by Crippen LogP contribution is 2.37. The maximum atomic E-state index is 13.4. The Morgan fingerprint density at radius 2 is 2.16 bits per heavy atom. The van der Waals surface area contributed by atoms with Gasteiger partial charge in [-0.15, -0.1) is 11.3 Å². The van der Waals surface area contributed by atoms with Gasteiger partial charge < -0.3 is 15.4 Å². The number of carbonyl (C=O) groups is 2. The maximum Gasteiger partial charge on any atom is 0.259 e. The summed E-state index contributed by atoms with van der Waals surface area (Å²) in [5.41, 5.74) is 9.04. The number of amides is 2. The highest BCUT2D eigenvalue weighted by atomic mass is 32.1. The quantitative estimate of drug-likeness (QED) is 0.527. The lowest BCUT2D eigenvalue weighted by Gasteiger charge is -2.33. The van der Waals surface area contributed by atoms with Gasteiger partial charge in [0.1, 0.15) is 21.4 Å². The van der Waals surface area contributed by atoms with Crippen molar-refractivity contribution in [2.24, 2.45) is 5.73 Å². The summed E-state index contributed by atoms with van der Waals surface area (Å²) in [5.74, 6) is -0.693. The summed E-state index contributed by atoms with van der Waals surface area (Å²) < 4.78 is 7.65. The molecule has 5 rings (SSSR count). The van der Waals surface area contributed by atoms with Crippen LogP contribution in [-0.4, -0.2) is 56.0 Å². The van der Waals surface area contributed by atoms with Gasteiger partial charge in [0.15, 0.2) is 5.65 Å². The second-order valence-electron chi connectivity index (χ2n) is 7.51. The highest BCUT2D eigenvalue weighted by molar-refractivity contribution is 7.20. The van der Waals surface area contributed by atoms with Gasteiger partial charge in [0.25, 0.3) is 11.8 Å². The number of primary amides is 1. The van der Waals surface area contributed by atoms with E-state index in [1.54, 1.807) is 21.8 Å². The number of rotatable bonds is 3. The average Bonchev–Trinajstić information content (AvgIpc) is 3.35. The van der Waals surface area contributed by atoms with E-state index in [-0.39, 0.29) is 5.91 Å². The molecule has 4 aromatic rings. The molecule has 2 amide bonds. The van der Waals surface area contributed by atoms with Crippen LogP contribution in [0.15, 0.2) is 30.6 Å². The third kappa shape index (κ3) is 3.24. The summed E-state index contributed by atoms with van der Waals surface area (Å²) in [4.78, 5) is 37.2. The van der Waals surface area contributed by atoms with Crippen LogP contribution in [0, 0.1) is 13.8 Å². The number of thiophene rings is 1. The van der Waals surface area contributed by atoms with Crippen LogP contribution in [-0.2, 0) is 4.74 Å². The summed E-state index contributed by atoms with van der Waals surface area (Å²) in [6, 6.07) is 5.62. The van der Waals surface area contributed by atoms with E-state index in [0.29, 0.717) is 41.3 Å². The monoisotopic (exact) mass is 436 g/mol. The second kappa shape index (κ2) is 7.40. The van der Waals surface area contributed by atoms with Crippen LogP contribution in [0.5, 0.6) is 0 Å². The van der Waals surface area contributed by atoms with Gasteiger partial charge in [-0.05, 0) is 26.0 Å². The number of carbonyl (C=O) groups excluding carboxylic acids is 2. The Labute approximate surface area is 181 Å². The summed E-state index contributed by atoms with van der Waals surface area (Å²) in [6.45, 7) is 4.89. The van der Waals surface area contributed by atoms with E-state index in [4.69, 9.17) is 10.5 Å². The first-order valence-electron chi connectivity index (χ1n) is 9.84. The zero-order chi connectivity index (χ0) is 21.7. The SMILES string of the molecule is Cc1cc(C)n2ncc(C(=O)N3CCO[C@H](c4c(C(N)=O)sc5ncccc45)C3)c2n1. The molecule has 4 aromatic heterocycles. The molecule has 9 nitrogen and oxygen atoms in total. The molecule has 5 heterocycles. The molecule has 158 valence electrons. The fourth-order valence-corrected chi connectivity index (χ4v) is 5.10. The molecular formula is C21H20N6O3S. The minimum atomic E-state index is -0.525. The molecule has 1 fully saturated rings. The van der Waals surface area contributed by atoms with E-state index >= 15 is 0 Å². The number of fused-ring (bicyclic) bond motifs is 2. The van der Waals surface area contributed by atoms with Gasteiger partial charge in [0.05, 0.1) is 19.3 Å². The van der Waals surface area contributed by atoms with Gasteiger partial charge in [0, 0.05) is 35.1 Å². The fraction of sp³-hybridized carbons (Fsp3) is 0.286. The lowest BCUT2D eigenvalue weighted by molar-refractivity contribution is -0.0221. The minimum absolute atomic E-state index is 0.168. The number of aryl methyl sites for hydroxylation is 2. The van der Waals surface area contributed by atoms with E-state index < -0.39 is 12.0 Å². The fourth-order valence-electron chi connectivity index (χ4n) is 4.05. The van der Waals surface area contributed by atoms with E-state index in [1.165, 1.54) is 11.3 Å². The molecule has 0 unspecified atom stereocenters. The highest BCUT2D eigenvalue weighted by Gasteiger charge is 2.32. The average molecular weight is 436 g/mol. The van der Waals surface area contributed by atoms with Gasteiger partial charge in [-0.1, -0.05) is 6.07 Å². The van der Waals surface area contributed by atoms with Crippen LogP contribution in [0.1, 0.15) is 43.1 Å². The first kappa shape index (κ1) is 19.6. The van der Waals surface area contributed by atoms with Crippen molar-refractivity contribution in [3.63, 3.8) is 0 Å². The van der Waals surface area contributed by atoms with Crippen molar-refractivity contribution in [2.75, 3.05) is 19.7 Å². The van der Waals surface area contributed by atoms with Crippen molar-refractivity contribution in [1.82, 2.24) is 24.5 Å². The molecule has 2 N–H and O–H groups in total. The number of aromatic nitrogens is 4. The third-order valence-electron chi connectivity index (χ3n) is 5.41. The molecular weight excluding hydrogens is 416 g/mol. The maximum absolute atomic E-state index is 13.4. The number of nitrogens with two attached hydrogens (primary N) is 1. The number of ether oxygens (including phenoxy) is 1. The second-order valence-corrected chi connectivity index (χ2v) is 8.51. The molecule has 10 heteroatoms. The lowest BCUT2D eigenvalue weighted by atomic mass is 10.0. The molecule has 1 aliphatic heterocycles. The van der Waals surface area contributed by atoms with Gasteiger partial charge in [0.2, 0.25) is 0 Å². The van der Waals surface area contributed by atoms with Crippen molar-refractivity contribution in [2.45, 2.75) is 20.0 Å². The number of pyridine rings is 1. The smallest absolute Gasteiger partial charge is 0.259 e. The zero-order valence-electron chi connectivity index (χ0n) is 17.0. The van der Waals surface area contributed by atoms with Crippen molar-refractivity contribution in [3.05, 3.63) is 58.0 Å². The van der Waals surface area contributed by atoms with Crippen LogP contribution in [0.2, 0.25) is 0 Å². The lowest BCUT2D eigenvalue weighted by Crippen LogP contribution is -2.42. The Morgan fingerprint density at radius 1 is 1.32 bits per heavy atom. The summed E-state index contributed by atoms with van der Waals surface area (Å²) in [5, 5.41) is 5.15. The van der Waals surface area contributed by atoms with E-state index in [0.717, 1.165) is 21.6 Å². The van der Waals surface area contributed by atoms with Gasteiger partial charge in [-0.25, -0.2) is 14.5 Å². The van der Waals surface area contributed by atoms with Crippen LogP contribution >= 0.6 is 11.3 Å². The van der Waals surface area contributed by atoms with E-state index in [9.17, 15) is 9.59 Å². The van der Waals surface area contributed by atoms with Crippen LogP contribution in [0.4, 0.5) is 0 Å². The topological polar surface area (TPSA) is 116 Å². The van der Waals surface area contributed by atoms with Crippen LogP contribution in [0.3, 0.4) is 0 Å². The molecule has 31 heavy (non-hydrogen) atoms. The van der Waals surface area contributed by atoms with E-state index in [1.807, 2.05) is 32.0 Å². The van der Waals surface area contributed by atoms with E-state index in [2.05, 4.69) is 15.1 Å².